The van der Waals surface area contributed by atoms with Crippen molar-refractivity contribution in [3.63, 3.8) is 0 Å². The second kappa shape index (κ2) is 11.0. The Kier molecular flexibility index (Phi) is 7.68. The first-order chi connectivity index (χ1) is 18.7. The molecule has 0 radical (unpaired) electrons. The van der Waals surface area contributed by atoms with Crippen LogP contribution in [-0.2, 0) is 17.4 Å². The Morgan fingerprint density at radius 2 is 2.03 bits per heavy atom. The number of hydrogen-bond donors (Lipinski definition) is 4. The number of halogens is 1. The normalized spacial score (nSPS) is 21.0. The average Bonchev–Trinajstić information content (AvgIpc) is 3.34. The van der Waals surface area contributed by atoms with E-state index in [2.05, 4.69) is 75.1 Å². The van der Waals surface area contributed by atoms with Gasteiger partial charge in [-0.05, 0) is 55.4 Å². The molecular weight excluding hydrogens is 495 g/mol. The maximum atomic E-state index is 15.0. The maximum absolute atomic E-state index is 15.0. The van der Waals surface area contributed by atoms with Gasteiger partial charge in [0.05, 0.1) is 11.2 Å². The fraction of sp³-hybridized carbons (Fsp3) is 0.517. The third kappa shape index (κ3) is 5.81. The van der Waals surface area contributed by atoms with E-state index in [0.29, 0.717) is 43.5 Å². The minimum Gasteiger partial charge on any atom is -0.423 e. The highest BCUT2D eigenvalue weighted by Crippen LogP contribution is 2.45. The molecule has 3 aromatic rings. The standard InChI is InChI=1S/C29H39FN8O/c1-28(2,3)25-37-38-26(39-25)29(11-5-12-29)36-24-9-7-20(30)15-19-14-18(6-8-22(19)24)23-10-13-33-27(35-23)34-21(16-31)17-32-4/h6,8,10,13-14,17,20,24,32,36H,5,7,9,11-12,15-16,31H2,1-4H3,(H,33,34,35)/b21-17+/t20-,24-/m0/s1. The van der Waals surface area contributed by atoms with E-state index in [9.17, 15) is 0 Å². The molecule has 0 unspecified atom stereocenters. The van der Waals surface area contributed by atoms with Crippen LogP contribution in [0.2, 0.25) is 0 Å². The molecule has 1 fully saturated rings. The lowest BCUT2D eigenvalue weighted by Crippen LogP contribution is -2.50. The quantitative estimate of drug-likeness (QED) is 0.306. The van der Waals surface area contributed by atoms with Crippen LogP contribution in [-0.4, -0.2) is 39.9 Å². The number of alkyl halides is 1. The van der Waals surface area contributed by atoms with Gasteiger partial charge in [0, 0.05) is 55.1 Å². The summed E-state index contributed by atoms with van der Waals surface area (Å²) < 4.78 is 21.2. The summed E-state index contributed by atoms with van der Waals surface area (Å²) in [6.45, 7) is 6.53. The SMILES string of the molecule is CN/C=C(\CN)Nc1nccc(-c2ccc3c(c2)C[C@@H](F)CC[C@@H]3NC2(c3nnc(C(C)(C)C)o3)CCC2)n1. The number of nitrogens with one attached hydrogen (secondary N) is 3. The van der Waals surface area contributed by atoms with Crippen molar-refractivity contribution in [1.29, 1.82) is 0 Å². The zero-order valence-electron chi connectivity index (χ0n) is 23.2. The molecule has 1 saturated carbocycles. The molecule has 2 atom stereocenters. The highest BCUT2D eigenvalue weighted by Gasteiger charge is 2.46. The van der Waals surface area contributed by atoms with Gasteiger partial charge in [0.2, 0.25) is 17.7 Å². The van der Waals surface area contributed by atoms with Gasteiger partial charge in [-0.1, -0.05) is 32.9 Å². The van der Waals surface area contributed by atoms with Crippen molar-refractivity contribution in [2.75, 3.05) is 18.9 Å². The molecule has 0 bridgehead atoms. The highest BCUT2D eigenvalue weighted by molar-refractivity contribution is 5.62. The van der Waals surface area contributed by atoms with Crippen LogP contribution in [0.5, 0.6) is 0 Å². The maximum Gasteiger partial charge on any atom is 0.236 e. The monoisotopic (exact) mass is 534 g/mol. The predicted molar refractivity (Wildman–Crippen MR) is 150 cm³/mol. The molecule has 10 heteroatoms. The largest absolute Gasteiger partial charge is 0.423 e. The molecule has 0 amide bonds. The molecule has 2 heterocycles. The molecule has 208 valence electrons. The first-order valence-corrected chi connectivity index (χ1v) is 13.8. The van der Waals surface area contributed by atoms with Crippen molar-refractivity contribution in [3.05, 3.63) is 65.3 Å². The van der Waals surface area contributed by atoms with Gasteiger partial charge in [0.15, 0.2) is 0 Å². The first-order valence-electron chi connectivity index (χ1n) is 13.8. The van der Waals surface area contributed by atoms with E-state index in [4.69, 9.17) is 10.2 Å². The predicted octanol–water partition coefficient (Wildman–Crippen LogP) is 4.64. The summed E-state index contributed by atoms with van der Waals surface area (Å²) in [5, 5.41) is 18.8. The zero-order chi connectivity index (χ0) is 27.6. The second-order valence-corrected chi connectivity index (χ2v) is 11.6. The van der Waals surface area contributed by atoms with E-state index in [1.54, 1.807) is 12.4 Å². The Morgan fingerprint density at radius 3 is 2.69 bits per heavy atom. The molecule has 2 aliphatic rings. The summed E-state index contributed by atoms with van der Waals surface area (Å²) >= 11 is 0. The summed E-state index contributed by atoms with van der Waals surface area (Å²) in [5.41, 5.74) is 9.79. The van der Waals surface area contributed by atoms with Gasteiger partial charge in [-0.3, -0.25) is 5.32 Å². The van der Waals surface area contributed by atoms with Crippen LogP contribution in [0.3, 0.4) is 0 Å². The third-order valence-corrected chi connectivity index (χ3v) is 7.62. The van der Waals surface area contributed by atoms with E-state index in [-0.39, 0.29) is 17.0 Å². The number of benzene rings is 1. The fourth-order valence-corrected chi connectivity index (χ4v) is 5.32. The van der Waals surface area contributed by atoms with Crippen molar-refractivity contribution < 1.29 is 8.81 Å². The molecule has 0 saturated heterocycles. The Balaban J connectivity index is 1.43. The number of nitrogens with zero attached hydrogens (tertiary/aromatic N) is 4. The van der Waals surface area contributed by atoms with Crippen LogP contribution in [0.1, 0.15) is 81.8 Å². The lowest BCUT2D eigenvalue weighted by molar-refractivity contribution is 0.116. The minimum absolute atomic E-state index is 0.0125. The van der Waals surface area contributed by atoms with E-state index < -0.39 is 6.17 Å². The summed E-state index contributed by atoms with van der Waals surface area (Å²) in [6.07, 6.45) is 7.10. The van der Waals surface area contributed by atoms with E-state index in [1.165, 1.54) is 0 Å². The van der Waals surface area contributed by atoms with Crippen molar-refractivity contribution in [2.45, 2.75) is 82.5 Å². The number of nitrogens with two attached hydrogens (primary N) is 1. The van der Waals surface area contributed by atoms with Crippen molar-refractivity contribution in [1.82, 2.24) is 30.8 Å². The van der Waals surface area contributed by atoms with Crippen LogP contribution in [0, 0.1) is 0 Å². The lowest BCUT2D eigenvalue weighted by atomic mass is 9.75. The number of fused-ring (bicyclic) bond motifs is 1. The van der Waals surface area contributed by atoms with Crippen molar-refractivity contribution in [2.24, 2.45) is 5.73 Å². The molecule has 2 aromatic heterocycles. The Labute approximate surface area is 229 Å². The van der Waals surface area contributed by atoms with Crippen LogP contribution < -0.4 is 21.7 Å². The van der Waals surface area contributed by atoms with Crippen molar-refractivity contribution in [3.8, 4) is 11.3 Å². The van der Waals surface area contributed by atoms with Gasteiger partial charge in [-0.15, -0.1) is 10.2 Å². The Morgan fingerprint density at radius 1 is 1.21 bits per heavy atom. The summed E-state index contributed by atoms with van der Waals surface area (Å²) in [6, 6.07) is 8.09. The van der Waals surface area contributed by atoms with E-state index >= 15 is 4.39 Å². The van der Waals surface area contributed by atoms with E-state index in [1.807, 2.05) is 13.1 Å². The number of hydrogen-bond acceptors (Lipinski definition) is 9. The molecule has 9 nitrogen and oxygen atoms in total. The topological polar surface area (TPSA) is 127 Å². The molecule has 2 aliphatic carbocycles. The molecule has 0 spiro atoms. The van der Waals surface area contributed by atoms with E-state index in [0.717, 1.165) is 47.3 Å². The second-order valence-electron chi connectivity index (χ2n) is 11.6. The Hall–Kier alpha value is -3.37. The lowest BCUT2D eigenvalue weighted by Gasteiger charge is -2.42. The average molecular weight is 535 g/mol. The zero-order valence-corrected chi connectivity index (χ0v) is 23.2. The fourth-order valence-electron chi connectivity index (χ4n) is 5.32. The van der Waals surface area contributed by atoms with Gasteiger partial charge >= 0.3 is 0 Å². The van der Waals surface area contributed by atoms with Gasteiger partial charge in [0.1, 0.15) is 6.17 Å². The molecule has 39 heavy (non-hydrogen) atoms. The van der Waals surface area contributed by atoms with Gasteiger partial charge < -0.3 is 20.8 Å². The number of rotatable bonds is 8. The summed E-state index contributed by atoms with van der Waals surface area (Å²) in [5.74, 6) is 1.74. The van der Waals surface area contributed by atoms with Crippen LogP contribution in [0.25, 0.3) is 11.3 Å². The first kappa shape index (κ1) is 27.2. The van der Waals surface area contributed by atoms with Gasteiger partial charge in [-0.25, -0.2) is 14.4 Å². The molecular formula is C29H39FN8O. The highest BCUT2D eigenvalue weighted by atomic mass is 19.1. The molecule has 5 rings (SSSR count). The summed E-state index contributed by atoms with van der Waals surface area (Å²) in [7, 11) is 1.81. The number of anilines is 1. The minimum atomic E-state index is -0.902. The van der Waals surface area contributed by atoms with Crippen LogP contribution in [0.4, 0.5) is 10.3 Å². The Bertz CT molecular complexity index is 1330. The smallest absolute Gasteiger partial charge is 0.236 e. The molecule has 1 aromatic carbocycles. The molecule has 0 aliphatic heterocycles. The van der Waals surface area contributed by atoms with Crippen LogP contribution >= 0.6 is 0 Å². The van der Waals surface area contributed by atoms with Gasteiger partial charge in [-0.2, -0.15) is 0 Å². The number of aromatic nitrogens is 4. The van der Waals surface area contributed by atoms with Crippen molar-refractivity contribution >= 4 is 5.95 Å². The summed E-state index contributed by atoms with van der Waals surface area (Å²) in [4.78, 5) is 9.01. The third-order valence-electron chi connectivity index (χ3n) is 7.62. The molecule has 5 N–H and O–H groups in total. The van der Waals surface area contributed by atoms with Gasteiger partial charge in [0.25, 0.3) is 0 Å². The van der Waals surface area contributed by atoms with Crippen LogP contribution in [0.15, 0.2) is 46.8 Å².